The molecule has 0 bridgehead atoms. The molecular weight excluding hydrogens is 316 g/mol. The first kappa shape index (κ1) is 13.0. The summed E-state index contributed by atoms with van der Waals surface area (Å²) in [6, 6.07) is 10.1. The van der Waals surface area contributed by atoms with E-state index >= 15 is 0 Å². The topological polar surface area (TPSA) is 59.1 Å². The van der Waals surface area contributed by atoms with Crippen LogP contribution >= 0.6 is 15.9 Å². The highest BCUT2D eigenvalue weighted by molar-refractivity contribution is 9.10. The van der Waals surface area contributed by atoms with Gasteiger partial charge in [0.25, 0.3) is 10.0 Å². The minimum Gasteiger partial charge on any atom is -0.263 e. The van der Waals surface area contributed by atoms with E-state index in [1.165, 1.54) is 6.20 Å². The molecule has 0 saturated heterocycles. The highest BCUT2D eigenvalue weighted by atomic mass is 79.9. The molecule has 6 heteroatoms. The second-order valence-corrected chi connectivity index (χ2v) is 6.15. The lowest BCUT2D eigenvalue weighted by Gasteiger charge is -2.10. The second kappa shape index (κ2) is 5.07. The highest BCUT2D eigenvalue weighted by Crippen LogP contribution is 2.26. The molecule has 0 saturated carbocycles. The first-order valence-corrected chi connectivity index (χ1v) is 7.47. The Morgan fingerprint density at radius 1 is 1.17 bits per heavy atom. The Labute approximate surface area is 114 Å². The third-order valence-corrected chi connectivity index (χ3v) is 5.06. The van der Waals surface area contributed by atoms with Gasteiger partial charge < -0.3 is 0 Å². The first-order valence-electron chi connectivity index (χ1n) is 5.20. The van der Waals surface area contributed by atoms with Gasteiger partial charge in [0.1, 0.15) is 10.7 Å². The molecule has 2 aromatic rings. The Balaban J connectivity index is 2.41. The zero-order chi connectivity index (χ0) is 13.2. The number of nitrogens with one attached hydrogen (secondary N) is 1. The molecule has 0 unspecified atom stereocenters. The lowest BCUT2D eigenvalue weighted by molar-refractivity contribution is 0.600. The summed E-state index contributed by atoms with van der Waals surface area (Å²) in [5, 5.41) is 0. The Bertz CT molecular complexity index is 657. The smallest absolute Gasteiger partial charge is 0.263 e. The number of pyridine rings is 1. The molecule has 0 atom stereocenters. The van der Waals surface area contributed by atoms with Crippen molar-refractivity contribution in [1.82, 2.24) is 4.98 Å². The van der Waals surface area contributed by atoms with E-state index in [0.29, 0.717) is 10.3 Å². The van der Waals surface area contributed by atoms with Crippen LogP contribution < -0.4 is 4.72 Å². The molecule has 0 fully saturated rings. The molecule has 0 aliphatic heterocycles. The number of anilines is 1. The van der Waals surface area contributed by atoms with E-state index in [-0.39, 0.29) is 4.90 Å². The molecule has 0 aliphatic carbocycles. The van der Waals surface area contributed by atoms with Crippen LogP contribution in [0.3, 0.4) is 0 Å². The highest BCUT2D eigenvalue weighted by Gasteiger charge is 2.18. The van der Waals surface area contributed by atoms with Gasteiger partial charge in [-0.2, -0.15) is 0 Å². The Morgan fingerprint density at radius 2 is 1.94 bits per heavy atom. The molecule has 2 rings (SSSR count). The van der Waals surface area contributed by atoms with Crippen molar-refractivity contribution in [2.24, 2.45) is 0 Å². The first-order chi connectivity index (χ1) is 8.50. The molecule has 1 N–H and O–H groups in total. The van der Waals surface area contributed by atoms with Crippen molar-refractivity contribution in [2.45, 2.75) is 11.8 Å². The second-order valence-electron chi connectivity index (χ2n) is 3.71. The molecule has 0 aliphatic rings. The number of sulfonamides is 1. The molecule has 0 amide bonds. The van der Waals surface area contributed by atoms with Gasteiger partial charge in [0, 0.05) is 10.7 Å². The zero-order valence-electron chi connectivity index (χ0n) is 9.59. The van der Waals surface area contributed by atoms with Gasteiger partial charge in [0.05, 0.1) is 0 Å². The molecule has 4 nitrogen and oxygen atoms in total. The molecule has 94 valence electrons. The zero-order valence-corrected chi connectivity index (χ0v) is 12.0. The van der Waals surface area contributed by atoms with Crippen LogP contribution in [0.15, 0.2) is 52.0 Å². The van der Waals surface area contributed by atoms with Gasteiger partial charge >= 0.3 is 0 Å². The molecule has 1 aromatic carbocycles. The van der Waals surface area contributed by atoms with E-state index in [0.717, 1.165) is 5.56 Å². The number of aromatic nitrogens is 1. The number of hydrogen-bond acceptors (Lipinski definition) is 3. The summed E-state index contributed by atoms with van der Waals surface area (Å²) in [6.07, 6.45) is 1.53. The number of halogens is 1. The van der Waals surface area contributed by atoms with Crippen molar-refractivity contribution in [3.05, 3.63) is 52.6 Å². The predicted molar refractivity (Wildman–Crippen MR) is 73.9 cm³/mol. The van der Waals surface area contributed by atoms with Crippen LogP contribution in [-0.2, 0) is 10.0 Å². The van der Waals surface area contributed by atoms with Crippen molar-refractivity contribution < 1.29 is 8.42 Å². The van der Waals surface area contributed by atoms with E-state index in [1.54, 1.807) is 30.3 Å². The van der Waals surface area contributed by atoms with Crippen molar-refractivity contribution in [2.75, 3.05) is 4.72 Å². The molecule has 18 heavy (non-hydrogen) atoms. The van der Waals surface area contributed by atoms with Gasteiger partial charge in [-0.25, -0.2) is 13.4 Å². The lowest BCUT2D eigenvalue weighted by atomic mass is 10.2. The number of benzene rings is 1. The van der Waals surface area contributed by atoms with Gasteiger partial charge in [-0.15, -0.1) is 0 Å². The van der Waals surface area contributed by atoms with Crippen LogP contribution in [0.4, 0.5) is 5.82 Å². The van der Waals surface area contributed by atoms with Crippen LogP contribution in [-0.4, -0.2) is 13.4 Å². The summed E-state index contributed by atoms with van der Waals surface area (Å²) in [4.78, 5) is 4.14. The van der Waals surface area contributed by atoms with Gasteiger partial charge in [-0.3, -0.25) is 4.72 Å². The van der Waals surface area contributed by atoms with Crippen molar-refractivity contribution in [3.8, 4) is 0 Å². The third-order valence-electron chi connectivity index (χ3n) is 2.35. The van der Waals surface area contributed by atoms with Crippen LogP contribution in [0.1, 0.15) is 5.56 Å². The summed E-state index contributed by atoms with van der Waals surface area (Å²) in [6.45, 7) is 1.84. The van der Waals surface area contributed by atoms with Crippen molar-refractivity contribution in [3.63, 3.8) is 0 Å². The number of rotatable bonds is 3. The summed E-state index contributed by atoms with van der Waals surface area (Å²) in [7, 11) is -3.63. The maximum atomic E-state index is 12.2. The van der Waals surface area contributed by atoms with Gasteiger partial charge in [-0.05, 0) is 46.6 Å². The SMILES string of the molecule is Cc1cccc(S(=O)(=O)Nc2ccccn2)c1Br. The van der Waals surface area contributed by atoms with Gasteiger partial charge in [0.15, 0.2) is 0 Å². The van der Waals surface area contributed by atoms with Crippen molar-refractivity contribution in [1.29, 1.82) is 0 Å². The Hall–Kier alpha value is -1.40. The minimum atomic E-state index is -3.63. The van der Waals surface area contributed by atoms with Crippen LogP contribution in [0.25, 0.3) is 0 Å². The van der Waals surface area contributed by atoms with Gasteiger partial charge in [-0.1, -0.05) is 18.2 Å². The fourth-order valence-corrected chi connectivity index (χ4v) is 3.51. The van der Waals surface area contributed by atoms with E-state index in [4.69, 9.17) is 0 Å². The number of aryl methyl sites for hydroxylation is 1. The lowest BCUT2D eigenvalue weighted by Crippen LogP contribution is -2.14. The maximum Gasteiger partial charge on any atom is 0.264 e. The monoisotopic (exact) mass is 326 g/mol. The quantitative estimate of drug-likeness (QED) is 0.943. The van der Waals surface area contributed by atoms with Crippen LogP contribution in [0, 0.1) is 6.92 Å². The summed E-state index contributed by atoms with van der Waals surface area (Å²) in [5.74, 6) is 0.297. The minimum absolute atomic E-state index is 0.202. The average Bonchev–Trinajstić information content (AvgIpc) is 2.33. The van der Waals surface area contributed by atoms with E-state index in [2.05, 4.69) is 25.6 Å². The molecular formula is C12H11BrN2O2S. The van der Waals surface area contributed by atoms with E-state index < -0.39 is 10.0 Å². The molecule has 1 aromatic heterocycles. The van der Waals surface area contributed by atoms with Crippen LogP contribution in [0.5, 0.6) is 0 Å². The fourth-order valence-electron chi connectivity index (χ4n) is 1.44. The Kier molecular flexibility index (Phi) is 3.68. The van der Waals surface area contributed by atoms with E-state index in [1.807, 2.05) is 13.0 Å². The largest absolute Gasteiger partial charge is 0.264 e. The summed E-state index contributed by atoms with van der Waals surface area (Å²) in [5.41, 5.74) is 0.860. The number of nitrogens with zero attached hydrogens (tertiary/aromatic N) is 1. The molecule has 0 spiro atoms. The van der Waals surface area contributed by atoms with Crippen LogP contribution in [0.2, 0.25) is 0 Å². The van der Waals surface area contributed by atoms with Crippen molar-refractivity contribution >= 4 is 31.8 Å². The summed E-state index contributed by atoms with van der Waals surface area (Å²) >= 11 is 3.29. The Morgan fingerprint density at radius 3 is 2.61 bits per heavy atom. The fraction of sp³-hybridized carbons (Fsp3) is 0.0833. The molecule has 1 heterocycles. The standard InChI is InChI=1S/C12H11BrN2O2S/c1-9-5-4-6-10(12(9)13)18(16,17)15-11-7-2-3-8-14-11/h2-8H,1H3,(H,14,15). The predicted octanol–water partition coefficient (Wildman–Crippen LogP) is 2.95. The molecule has 0 radical (unpaired) electrons. The normalized spacial score (nSPS) is 11.2. The average molecular weight is 327 g/mol. The number of hydrogen-bond donors (Lipinski definition) is 1. The summed E-state index contributed by atoms with van der Waals surface area (Å²) < 4.78 is 27.4. The maximum absolute atomic E-state index is 12.2. The third kappa shape index (κ3) is 2.70. The van der Waals surface area contributed by atoms with Gasteiger partial charge in [0.2, 0.25) is 0 Å². The van der Waals surface area contributed by atoms with E-state index in [9.17, 15) is 8.42 Å².